The Hall–Kier alpha value is -1.24. The average Bonchev–Trinajstić information content (AvgIpc) is 2.41. The first kappa shape index (κ1) is 12.8. The van der Waals surface area contributed by atoms with E-state index >= 15 is 0 Å². The molecule has 1 aliphatic rings. The van der Waals surface area contributed by atoms with Crippen LogP contribution in [0, 0.1) is 0 Å². The van der Waals surface area contributed by atoms with E-state index in [-0.39, 0.29) is 0 Å². The molecule has 6 heteroatoms. The Kier molecular flexibility index (Phi) is 3.63. The fourth-order valence-electron chi connectivity index (χ4n) is 2.18. The Bertz CT molecular complexity index is 580. The van der Waals surface area contributed by atoms with Crippen LogP contribution in [0.25, 0.3) is 11.0 Å². The van der Waals surface area contributed by atoms with E-state index < -0.39 is 0 Å². The van der Waals surface area contributed by atoms with Gasteiger partial charge in [0.15, 0.2) is 0 Å². The maximum atomic E-state index is 4.45. The molecule has 0 aromatic carbocycles. The second-order valence-corrected chi connectivity index (χ2v) is 5.70. The normalized spacial score (nSPS) is 17.8. The second-order valence-electron chi connectivity index (χ2n) is 4.78. The predicted octanol–water partition coefficient (Wildman–Crippen LogP) is 1.97. The molecule has 19 heavy (non-hydrogen) atoms. The SMILES string of the molecule is CN1CCN(Nc2ccnc3cc(Br)cnc23)CC1. The zero-order chi connectivity index (χ0) is 13.2. The van der Waals surface area contributed by atoms with Crippen molar-refractivity contribution in [1.82, 2.24) is 19.9 Å². The summed E-state index contributed by atoms with van der Waals surface area (Å²) in [5, 5.41) is 2.23. The van der Waals surface area contributed by atoms with Crippen LogP contribution in [0.1, 0.15) is 0 Å². The molecule has 0 bridgehead atoms. The summed E-state index contributed by atoms with van der Waals surface area (Å²) in [7, 11) is 2.15. The molecule has 2 aromatic rings. The first-order valence-corrected chi connectivity index (χ1v) is 7.12. The van der Waals surface area contributed by atoms with Gasteiger partial charge in [0.2, 0.25) is 0 Å². The summed E-state index contributed by atoms with van der Waals surface area (Å²) >= 11 is 3.42. The van der Waals surface area contributed by atoms with Gasteiger partial charge in [0.1, 0.15) is 5.52 Å². The van der Waals surface area contributed by atoms with Gasteiger partial charge < -0.3 is 10.3 Å². The van der Waals surface area contributed by atoms with Gasteiger partial charge in [-0.25, -0.2) is 5.01 Å². The van der Waals surface area contributed by atoms with Crippen molar-refractivity contribution in [1.29, 1.82) is 0 Å². The molecule has 5 nitrogen and oxygen atoms in total. The smallest absolute Gasteiger partial charge is 0.113 e. The highest BCUT2D eigenvalue weighted by molar-refractivity contribution is 9.10. The molecule has 1 saturated heterocycles. The van der Waals surface area contributed by atoms with E-state index in [0.29, 0.717) is 0 Å². The van der Waals surface area contributed by atoms with E-state index in [1.165, 1.54) is 0 Å². The number of pyridine rings is 2. The van der Waals surface area contributed by atoms with E-state index in [9.17, 15) is 0 Å². The maximum Gasteiger partial charge on any atom is 0.113 e. The minimum atomic E-state index is 0.897. The number of piperazine rings is 1. The molecule has 0 amide bonds. The molecule has 100 valence electrons. The standard InChI is InChI=1S/C13H16BrN5/c1-18-4-6-19(7-5-18)17-11-2-3-15-12-8-10(14)9-16-13(11)12/h2-3,8-9H,4-7H2,1H3,(H,15,17). The second kappa shape index (κ2) is 5.40. The summed E-state index contributed by atoms with van der Waals surface area (Å²) in [6.07, 6.45) is 3.62. The Labute approximate surface area is 120 Å². The van der Waals surface area contributed by atoms with Crippen molar-refractivity contribution >= 4 is 32.7 Å². The number of anilines is 1. The highest BCUT2D eigenvalue weighted by Crippen LogP contribution is 2.22. The number of halogens is 1. The van der Waals surface area contributed by atoms with Crippen LogP contribution in [-0.2, 0) is 0 Å². The van der Waals surface area contributed by atoms with Crippen LogP contribution in [0.5, 0.6) is 0 Å². The van der Waals surface area contributed by atoms with E-state index in [4.69, 9.17) is 0 Å². The summed E-state index contributed by atoms with van der Waals surface area (Å²) in [5.74, 6) is 0. The maximum absolute atomic E-state index is 4.45. The van der Waals surface area contributed by atoms with Crippen LogP contribution < -0.4 is 5.43 Å². The molecule has 1 N–H and O–H groups in total. The minimum absolute atomic E-state index is 0.897. The highest BCUT2D eigenvalue weighted by Gasteiger charge is 2.14. The van der Waals surface area contributed by atoms with Crippen LogP contribution in [-0.4, -0.2) is 53.1 Å². The largest absolute Gasteiger partial charge is 0.317 e. The molecule has 0 radical (unpaired) electrons. The average molecular weight is 322 g/mol. The van der Waals surface area contributed by atoms with Gasteiger partial charge in [-0.3, -0.25) is 9.97 Å². The van der Waals surface area contributed by atoms with Gasteiger partial charge in [-0.2, -0.15) is 0 Å². The molecule has 1 fully saturated rings. The number of likely N-dealkylation sites (N-methyl/N-ethyl adjacent to an activating group) is 1. The monoisotopic (exact) mass is 321 g/mol. The number of fused-ring (bicyclic) bond motifs is 1. The predicted molar refractivity (Wildman–Crippen MR) is 79.9 cm³/mol. The van der Waals surface area contributed by atoms with Gasteiger partial charge in [0.05, 0.1) is 11.2 Å². The molecule has 3 rings (SSSR count). The van der Waals surface area contributed by atoms with Crippen LogP contribution in [0.2, 0.25) is 0 Å². The van der Waals surface area contributed by atoms with Crippen molar-refractivity contribution in [3.8, 4) is 0 Å². The van der Waals surface area contributed by atoms with Gasteiger partial charge in [-0.1, -0.05) is 0 Å². The molecule has 0 saturated carbocycles. The Balaban J connectivity index is 1.84. The molecule has 1 aliphatic heterocycles. The van der Waals surface area contributed by atoms with E-state index in [2.05, 4.69) is 48.3 Å². The summed E-state index contributed by atoms with van der Waals surface area (Å²) < 4.78 is 0.948. The zero-order valence-corrected chi connectivity index (χ0v) is 12.4. The van der Waals surface area contributed by atoms with Crippen molar-refractivity contribution in [2.45, 2.75) is 0 Å². The molecule has 3 heterocycles. The summed E-state index contributed by atoms with van der Waals surface area (Å²) in [5.41, 5.74) is 6.27. The zero-order valence-electron chi connectivity index (χ0n) is 10.8. The summed E-state index contributed by atoms with van der Waals surface area (Å²) in [6, 6.07) is 3.96. The quantitative estimate of drug-likeness (QED) is 0.916. The first-order chi connectivity index (χ1) is 9.22. The summed E-state index contributed by atoms with van der Waals surface area (Å²) in [4.78, 5) is 11.1. The number of hydrazine groups is 1. The number of rotatable bonds is 2. The van der Waals surface area contributed by atoms with Crippen molar-refractivity contribution in [2.24, 2.45) is 0 Å². The lowest BCUT2D eigenvalue weighted by molar-refractivity contribution is 0.179. The number of aromatic nitrogens is 2. The summed E-state index contributed by atoms with van der Waals surface area (Å²) in [6.45, 7) is 4.18. The van der Waals surface area contributed by atoms with Crippen LogP contribution in [0.15, 0.2) is 29.0 Å². The molecule has 2 aromatic heterocycles. The van der Waals surface area contributed by atoms with Gasteiger partial charge in [0, 0.05) is 43.0 Å². The molecule has 0 unspecified atom stereocenters. The number of hydrogen-bond donors (Lipinski definition) is 1. The highest BCUT2D eigenvalue weighted by atomic mass is 79.9. The Morgan fingerprint density at radius 1 is 1.21 bits per heavy atom. The lowest BCUT2D eigenvalue weighted by Crippen LogP contribution is -2.46. The lowest BCUT2D eigenvalue weighted by Gasteiger charge is -2.33. The Morgan fingerprint density at radius 2 is 2.00 bits per heavy atom. The van der Waals surface area contributed by atoms with Crippen LogP contribution in [0.4, 0.5) is 5.69 Å². The number of nitrogens with one attached hydrogen (secondary N) is 1. The van der Waals surface area contributed by atoms with Gasteiger partial charge >= 0.3 is 0 Å². The van der Waals surface area contributed by atoms with Crippen molar-refractivity contribution in [3.05, 3.63) is 29.0 Å². The molecular formula is C13H16BrN5. The van der Waals surface area contributed by atoms with Crippen LogP contribution in [0.3, 0.4) is 0 Å². The molecule has 0 aliphatic carbocycles. The third-order valence-electron chi connectivity index (χ3n) is 3.33. The molecular weight excluding hydrogens is 306 g/mol. The lowest BCUT2D eigenvalue weighted by atomic mass is 10.3. The third kappa shape index (κ3) is 2.86. The fraction of sp³-hybridized carbons (Fsp3) is 0.385. The van der Waals surface area contributed by atoms with Crippen molar-refractivity contribution < 1.29 is 0 Å². The van der Waals surface area contributed by atoms with Gasteiger partial charge in [-0.05, 0) is 35.1 Å². The topological polar surface area (TPSA) is 44.3 Å². The molecule has 0 atom stereocenters. The van der Waals surface area contributed by atoms with E-state index in [0.717, 1.165) is 47.4 Å². The van der Waals surface area contributed by atoms with E-state index in [1.54, 1.807) is 6.20 Å². The number of nitrogens with zero attached hydrogens (tertiary/aromatic N) is 4. The number of hydrogen-bond acceptors (Lipinski definition) is 5. The van der Waals surface area contributed by atoms with Crippen molar-refractivity contribution in [3.63, 3.8) is 0 Å². The van der Waals surface area contributed by atoms with Crippen LogP contribution >= 0.6 is 15.9 Å². The van der Waals surface area contributed by atoms with E-state index in [1.807, 2.05) is 18.3 Å². The Morgan fingerprint density at radius 3 is 2.79 bits per heavy atom. The first-order valence-electron chi connectivity index (χ1n) is 6.33. The fourth-order valence-corrected chi connectivity index (χ4v) is 2.50. The van der Waals surface area contributed by atoms with Gasteiger partial charge in [0.25, 0.3) is 0 Å². The minimum Gasteiger partial charge on any atom is -0.317 e. The van der Waals surface area contributed by atoms with Gasteiger partial charge in [-0.15, -0.1) is 0 Å². The van der Waals surface area contributed by atoms with Crippen molar-refractivity contribution in [2.75, 3.05) is 38.7 Å². The molecule has 0 spiro atoms. The third-order valence-corrected chi connectivity index (χ3v) is 3.76.